The van der Waals surface area contributed by atoms with Crippen molar-refractivity contribution < 1.29 is 18.0 Å². The van der Waals surface area contributed by atoms with Gasteiger partial charge in [-0.25, -0.2) is 4.98 Å². The average molecular weight is 625 g/mol. The van der Waals surface area contributed by atoms with Gasteiger partial charge in [-0.05, 0) is 35.1 Å². The molecule has 0 saturated carbocycles. The van der Waals surface area contributed by atoms with Crippen LogP contribution in [0.25, 0.3) is 33.6 Å². The summed E-state index contributed by atoms with van der Waals surface area (Å²) in [4.78, 5) is 18.6. The molecule has 9 heteroatoms. The Balaban J connectivity index is 1.15. The van der Waals surface area contributed by atoms with Crippen LogP contribution in [-0.2, 0) is 10.2 Å². The number of nitrogens with zero attached hydrogens (tertiary/aromatic N) is 3. The molecule has 5 nitrogen and oxygen atoms in total. The molecule has 228 valence electrons. The molecule has 1 heterocycles. The molecule has 0 atom stereocenters. The zero-order valence-electron chi connectivity index (χ0n) is 24.4. The van der Waals surface area contributed by atoms with Gasteiger partial charge >= 0.3 is 6.18 Å². The highest BCUT2D eigenvalue weighted by Crippen LogP contribution is 2.51. The largest absolute Gasteiger partial charge is 0.405 e. The van der Waals surface area contributed by atoms with Gasteiger partial charge in [-0.1, -0.05) is 134 Å². The molecule has 0 bridgehead atoms. The maximum atomic E-state index is 13.7. The third-order valence-electron chi connectivity index (χ3n) is 8.09. The summed E-state index contributed by atoms with van der Waals surface area (Å²) < 4.78 is 39.4. The van der Waals surface area contributed by atoms with Crippen molar-refractivity contribution in [3.63, 3.8) is 0 Å². The van der Waals surface area contributed by atoms with E-state index in [1.165, 1.54) is 11.8 Å². The van der Waals surface area contributed by atoms with Crippen molar-refractivity contribution in [1.82, 2.24) is 20.5 Å². The summed E-state index contributed by atoms with van der Waals surface area (Å²) in [5.74, 6) is 0.124. The number of rotatable bonds is 11. The van der Waals surface area contributed by atoms with Crippen molar-refractivity contribution in [2.45, 2.75) is 42.4 Å². The van der Waals surface area contributed by atoms with Crippen LogP contribution in [0.2, 0.25) is 0 Å². The van der Waals surface area contributed by atoms with Crippen LogP contribution in [0.4, 0.5) is 13.2 Å². The Hall–Kier alpha value is -4.50. The third-order valence-corrected chi connectivity index (χ3v) is 9.01. The van der Waals surface area contributed by atoms with Gasteiger partial charge in [-0.3, -0.25) is 4.79 Å². The quantitative estimate of drug-likeness (QED) is 0.118. The van der Waals surface area contributed by atoms with E-state index < -0.39 is 24.0 Å². The molecule has 4 aromatic carbocycles. The van der Waals surface area contributed by atoms with E-state index in [1.54, 1.807) is 0 Å². The number of amides is 1. The second kappa shape index (κ2) is 13.2. The van der Waals surface area contributed by atoms with Gasteiger partial charge in [0.1, 0.15) is 23.3 Å². The lowest BCUT2D eigenvalue weighted by Gasteiger charge is -2.31. The first-order valence-corrected chi connectivity index (χ1v) is 15.9. The van der Waals surface area contributed by atoms with Crippen LogP contribution in [0.5, 0.6) is 0 Å². The minimum absolute atomic E-state index is 0.400. The molecule has 1 aliphatic carbocycles. The lowest BCUT2D eigenvalue weighted by Crippen LogP contribution is -2.47. The minimum atomic E-state index is -4.50. The van der Waals surface area contributed by atoms with E-state index >= 15 is 0 Å². The summed E-state index contributed by atoms with van der Waals surface area (Å²) in [6, 6.07) is 34.8. The minimum Gasteiger partial charge on any atom is -0.346 e. The average Bonchev–Trinajstić information content (AvgIpc) is 3.36. The molecule has 0 spiro atoms. The van der Waals surface area contributed by atoms with Crippen molar-refractivity contribution in [3.05, 3.63) is 120 Å². The number of unbranched alkanes of at least 4 members (excludes halogenated alkanes) is 2. The number of benzene rings is 4. The van der Waals surface area contributed by atoms with Crippen LogP contribution in [0.1, 0.15) is 36.8 Å². The zero-order chi connectivity index (χ0) is 31.3. The first kappa shape index (κ1) is 30.5. The number of aromatic nitrogens is 3. The molecule has 1 amide bonds. The number of halogens is 3. The molecule has 1 aliphatic rings. The predicted octanol–water partition coefficient (Wildman–Crippen LogP) is 8.50. The maximum Gasteiger partial charge on any atom is 0.405 e. The summed E-state index contributed by atoms with van der Waals surface area (Å²) in [6.45, 7) is -1.36. The first-order valence-electron chi connectivity index (χ1n) is 14.9. The van der Waals surface area contributed by atoms with Crippen molar-refractivity contribution >= 4 is 17.7 Å². The maximum absolute atomic E-state index is 13.7. The fourth-order valence-corrected chi connectivity index (χ4v) is 6.86. The number of carbonyl (C=O) groups is 1. The molecule has 1 aromatic heterocycles. The van der Waals surface area contributed by atoms with Gasteiger partial charge in [0, 0.05) is 16.9 Å². The highest BCUT2D eigenvalue weighted by atomic mass is 32.2. The molecule has 0 aliphatic heterocycles. The van der Waals surface area contributed by atoms with E-state index in [9.17, 15) is 18.0 Å². The molecule has 0 fully saturated rings. The Morgan fingerprint density at radius 3 is 1.84 bits per heavy atom. The second-order valence-corrected chi connectivity index (χ2v) is 12.0. The Morgan fingerprint density at radius 2 is 1.24 bits per heavy atom. The van der Waals surface area contributed by atoms with Crippen LogP contribution in [0, 0.1) is 0 Å². The van der Waals surface area contributed by atoms with Crippen LogP contribution in [0.3, 0.4) is 0 Å². The van der Waals surface area contributed by atoms with Crippen molar-refractivity contribution in [3.8, 4) is 33.6 Å². The molecular weight excluding hydrogens is 593 g/mol. The Kier molecular flexibility index (Phi) is 8.98. The lowest BCUT2D eigenvalue weighted by molar-refractivity contribution is -0.141. The third kappa shape index (κ3) is 6.49. The number of thioether (sulfide) groups is 1. The fourth-order valence-electron chi connectivity index (χ4n) is 6.08. The molecule has 0 radical (unpaired) electrons. The van der Waals surface area contributed by atoms with Gasteiger partial charge in [0.25, 0.3) is 0 Å². The molecule has 0 saturated heterocycles. The summed E-state index contributed by atoms with van der Waals surface area (Å²) in [5, 5.41) is 11.7. The monoisotopic (exact) mass is 624 g/mol. The van der Waals surface area contributed by atoms with Gasteiger partial charge < -0.3 is 5.32 Å². The van der Waals surface area contributed by atoms with E-state index in [0.29, 0.717) is 18.0 Å². The highest BCUT2D eigenvalue weighted by molar-refractivity contribution is 7.99. The molecule has 0 unspecified atom stereocenters. The smallest absolute Gasteiger partial charge is 0.346 e. The van der Waals surface area contributed by atoms with Gasteiger partial charge in [0.2, 0.25) is 11.1 Å². The van der Waals surface area contributed by atoms with Crippen molar-refractivity contribution in [2.24, 2.45) is 0 Å². The van der Waals surface area contributed by atoms with Gasteiger partial charge in [0.15, 0.2) is 0 Å². The number of carbonyl (C=O) groups excluding carboxylic acids is 1. The summed E-state index contributed by atoms with van der Waals surface area (Å²) in [7, 11) is 0. The SMILES string of the molecule is O=C(NCC(F)(F)F)C1(CCCCCSc2nnc(-c3ccccc3)c(-c3ccccc3)n2)c2ccccc2-c2ccccc21. The number of nitrogens with one attached hydrogen (secondary N) is 1. The van der Waals surface area contributed by atoms with Crippen LogP contribution < -0.4 is 5.32 Å². The van der Waals surface area contributed by atoms with Gasteiger partial charge in [-0.2, -0.15) is 13.2 Å². The summed E-state index contributed by atoms with van der Waals surface area (Å²) >= 11 is 1.52. The highest BCUT2D eigenvalue weighted by Gasteiger charge is 2.49. The van der Waals surface area contributed by atoms with E-state index in [0.717, 1.165) is 63.4 Å². The normalized spacial score (nSPS) is 13.2. The molecular formula is C36H31F3N4OS. The number of fused-ring (bicyclic) bond motifs is 3. The van der Waals surface area contributed by atoms with Crippen LogP contribution >= 0.6 is 11.8 Å². The van der Waals surface area contributed by atoms with E-state index in [2.05, 4.69) is 15.5 Å². The molecule has 45 heavy (non-hydrogen) atoms. The first-order chi connectivity index (χ1) is 21.9. The zero-order valence-corrected chi connectivity index (χ0v) is 25.2. The van der Waals surface area contributed by atoms with Crippen LogP contribution in [0.15, 0.2) is 114 Å². The standard InChI is InChI=1S/C36H31F3N4OS/c37-36(38,39)24-40-33(44)35(29-20-10-8-18-27(29)28-19-9-11-21-30(28)35)22-12-3-13-23-45-34-41-31(25-14-4-1-5-15-25)32(42-43-34)26-16-6-2-7-17-26/h1-2,4-11,14-21H,3,12-13,22-24H2,(H,40,44). The summed E-state index contributed by atoms with van der Waals surface area (Å²) in [5.41, 5.74) is 5.50. The number of hydrogen-bond donors (Lipinski definition) is 1. The van der Waals surface area contributed by atoms with Gasteiger partial charge in [0.05, 0.1) is 0 Å². The van der Waals surface area contributed by atoms with Crippen molar-refractivity contribution in [2.75, 3.05) is 12.3 Å². The topological polar surface area (TPSA) is 67.8 Å². The fraction of sp³-hybridized carbons (Fsp3) is 0.222. The predicted molar refractivity (Wildman–Crippen MR) is 172 cm³/mol. The Morgan fingerprint density at radius 1 is 0.689 bits per heavy atom. The van der Waals surface area contributed by atoms with Gasteiger partial charge in [-0.15, -0.1) is 10.2 Å². The van der Waals surface area contributed by atoms with E-state index in [1.807, 2.05) is 109 Å². The second-order valence-electron chi connectivity index (χ2n) is 11.0. The lowest BCUT2D eigenvalue weighted by atomic mass is 9.73. The Labute approximate surface area is 264 Å². The molecule has 6 rings (SSSR count). The molecule has 1 N–H and O–H groups in total. The van der Waals surface area contributed by atoms with Crippen LogP contribution in [-0.4, -0.2) is 39.6 Å². The molecule has 5 aromatic rings. The van der Waals surface area contributed by atoms with E-state index in [4.69, 9.17) is 4.98 Å². The van der Waals surface area contributed by atoms with Crippen molar-refractivity contribution in [1.29, 1.82) is 0 Å². The Bertz CT molecular complexity index is 1740. The summed E-state index contributed by atoms with van der Waals surface area (Å²) in [6.07, 6.45) is -1.84. The van der Waals surface area contributed by atoms with E-state index in [-0.39, 0.29) is 0 Å². The number of alkyl halides is 3. The number of hydrogen-bond acceptors (Lipinski definition) is 5.